The maximum atomic E-state index is 12.9. The number of ether oxygens (including phenoxy) is 1. The molecule has 2 aromatic carbocycles. The molecule has 6 nitrogen and oxygen atoms in total. The van der Waals surface area contributed by atoms with Crippen LogP contribution in [0.5, 0.6) is 5.75 Å². The van der Waals surface area contributed by atoms with Gasteiger partial charge in [-0.25, -0.2) is 14.9 Å². The highest BCUT2D eigenvalue weighted by molar-refractivity contribution is 7.98. The molecule has 1 heterocycles. The average molecular weight is 371 g/mol. The van der Waals surface area contributed by atoms with E-state index in [0.29, 0.717) is 16.8 Å². The van der Waals surface area contributed by atoms with E-state index in [1.54, 1.807) is 19.2 Å². The van der Waals surface area contributed by atoms with Crippen LogP contribution in [0.1, 0.15) is 18.1 Å². The molecule has 0 aliphatic rings. The first-order chi connectivity index (χ1) is 12.6. The molecule has 0 bridgehead atoms. The number of halogens is 1. The number of aromatic amines is 1. The van der Waals surface area contributed by atoms with Crippen molar-refractivity contribution in [2.75, 3.05) is 12.5 Å². The molecule has 8 heteroatoms. The number of hydrazone groups is 1. The predicted molar refractivity (Wildman–Crippen MR) is 101 cm³/mol. The first-order valence-electron chi connectivity index (χ1n) is 7.88. The molecular weight excluding hydrogens is 353 g/mol. The molecule has 134 valence electrons. The van der Waals surface area contributed by atoms with Crippen molar-refractivity contribution < 1.29 is 9.13 Å². The molecule has 3 aromatic rings. The van der Waals surface area contributed by atoms with Gasteiger partial charge in [-0.2, -0.15) is 10.1 Å². The van der Waals surface area contributed by atoms with Crippen molar-refractivity contribution in [3.05, 3.63) is 65.5 Å². The number of anilines is 1. The number of hydrogen-bond acceptors (Lipinski definition) is 6. The molecule has 0 aliphatic heterocycles. The maximum absolute atomic E-state index is 12.9. The van der Waals surface area contributed by atoms with Crippen LogP contribution in [0.3, 0.4) is 0 Å². The summed E-state index contributed by atoms with van der Waals surface area (Å²) in [5.41, 5.74) is 5.52. The average Bonchev–Trinajstić information content (AvgIpc) is 3.13. The molecule has 0 unspecified atom stereocenters. The number of benzene rings is 2. The molecule has 1 aromatic heterocycles. The van der Waals surface area contributed by atoms with Gasteiger partial charge in [0.25, 0.3) is 0 Å². The second-order valence-corrected chi connectivity index (χ2v) is 6.36. The van der Waals surface area contributed by atoms with Crippen LogP contribution >= 0.6 is 11.8 Å². The van der Waals surface area contributed by atoms with Crippen LogP contribution in [-0.2, 0) is 5.75 Å². The van der Waals surface area contributed by atoms with Crippen molar-refractivity contribution in [1.82, 2.24) is 15.2 Å². The molecule has 0 radical (unpaired) electrons. The van der Waals surface area contributed by atoms with Crippen LogP contribution < -0.4 is 10.2 Å². The summed E-state index contributed by atoms with van der Waals surface area (Å²) in [6.07, 6.45) is 0. The molecule has 3 rings (SSSR count). The standard InChI is InChI=1S/C18H18FN5OS/c1-12(14-5-7-15(19)8-6-14)21-22-17-20-18(24-23-17)26-11-13-3-9-16(25-2)10-4-13/h3-10H,11H2,1-2H3,(H2,20,22,23,24)/b21-12+. The van der Waals surface area contributed by atoms with E-state index < -0.39 is 0 Å². The molecule has 0 saturated heterocycles. The van der Waals surface area contributed by atoms with E-state index in [2.05, 4.69) is 25.7 Å². The third-order valence-electron chi connectivity index (χ3n) is 3.58. The van der Waals surface area contributed by atoms with Crippen molar-refractivity contribution >= 4 is 23.4 Å². The fourth-order valence-electron chi connectivity index (χ4n) is 2.12. The Labute approximate surface area is 154 Å². The van der Waals surface area contributed by atoms with Gasteiger partial charge in [0.2, 0.25) is 11.1 Å². The van der Waals surface area contributed by atoms with Crippen LogP contribution in [0.15, 0.2) is 58.8 Å². The molecule has 0 aliphatic carbocycles. The lowest BCUT2D eigenvalue weighted by Crippen LogP contribution is -2.00. The molecule has 2 N–H and O–H groups in total. The summed E-state index contributed by atoms with van der Waals surface area (Å²) in [6, 6.07) is 14.0. The van der Waals surface area contributed by atoms with Gasteiger partial charge in [0.15, 0.2) is 0 Å². The van der Waals surface area contributed by atoms with Gasteiger partial charge in [-0.3, -0.25) is 0 Å². The quantitative estimate of drug-likeness (QED) is 0.372. The molecule has 0 saturated carbocycles. The molecule has 0 spiro atoms. The fourth-order valence-corrected chi connectivity index (χ4v) is 2.88. The van der Waals surface area contributed by atoms with Gasteiger partial charge in [0.1, 0.15) is 11.6 Å². The Kier molecular flexibility index (Phi) is 5.85. The highest BCUT2D eigenvalue weighted by atomic mass is 32.2. The van der Waals surface area contributed by atoms with Crippen molar-refractivity contribution in [1.29, 1.82) is 0 Å². The van der Waals surface area contributed by atoms with Crippen molar-refractivity contribution in [3.8, 4) is 5.75 Å². The minimum absolute atomic E-state index is 0.275. The van der Waals surface area contributed by atoms with Crippen LogP contribution in [0.2, 0.25) is 0 Å². The first-order valence-corrected chi connectivity index (χ1v) is 8.87. The fraction of sp³-hybridized carbons (Fsp3) is 0.167. The van der Waals surface area contributed by atoms with E-state index in [1.807, 2.05) is 31.2 Å². The lowest BCUT2D eigenvalue weighted by Gasteiger charge is -2.01. The molecule has 0 atom stereocenters. The lowest BCUT2D eigenvalue weighted by atomic mass is 10.1. The minimum Gasteiger partial charge on any atom is -0.497 e. The molecule has 26 heavy (non-hydrogen) atoms. The first kappa shape index (κ1) is 17.9. The Bertz CT molecular complexity index is 877. The number of hydrogen-bond donors (Lipinski definition) is 2. The summed E-state index contributed by atoms with van der Waals surface area (Å²) >= 11 is 1.52. The summed E-state index contributed by atoms with van der Waals surface area (Å²) in [4.78, 5) is 4.33. The summed E-state index contributed by atoms with van der Waals surface area (Å²) in [6.45, 7) is 1.83. The topological polar surface area (TPSA) is 75.2 Å². The largest absolute Gasteiger partial charge is 0.497 e. The third kappa shape index (κ3) is 4.82. The Balaban J connectivity index is 1.55. The minimum atomic E-state index is -0.275. The second kappa shape index (κ2) is 8.48. The van der Waals surface area contributed by atoms with Gasteiger partial charge in [-0.15, -0.1) is 5.10 Å². The van der Waals surface area contributed by atoms with E-state index in [1.165, 1.54) is 23.9 Å². The van der Waals surface area contributed by atoms with Gasteiger partial charge in [-0.05, 0) is 42.3 Å². The lowest BCUT2D eigenvalue weighted by molar-refractivity contribution is 0.414. The monoisotopic (exact) mass is 371 g/mol. The smallest absolute Gasteiger partial charge is 0.240 e. The van der Waals surface area contributed by atoms with Crippen LogP contribution in [0, 0.1) is 5.82 Å². The van der Waals surface area contributed by atoms with Gasteiger partial charge in [0.05, 0.1) is 12.8 Å². The van der Waals surface area contributed by atoms with Crippen LogP contribution in [0.4, 0.5) is 10.3 Å². The molecule has 0 amide bonds. The summed E-state index contributed by atoms with van der Waals surface area (Å²) in [5, 5.41) is 11.8. The van der Waals surface area contributed by atoms with Gasteiger partial charge >= 0.3 is 0 Å². The van der Waals surface area contributed by atoms with E-state index in [0.717, 1.165) is 22.6 Å². The van der Waals surface area contributed by atoms with Gasteiger partial charge in [-0.1, -0.05) is 36.0 Å². The van der Waals surface area contributed by atoms with E-state index in [9.17, 15) is 4.39 Å². The number of thioether (sulfide) groups is 1. The summed E-state index contributed by atoms with van der Waals surface area (Å²) in [7, 11) is 1.65. The van der Waals surface area contributed by atoms with Crippen LogP contribution in [0.25, 0.3) is 0 Å². The molecule has 0 fully saturated rings. The maximum Gasteiger partial charge on any atom is 0.240 e. The Morgan fingerprint density at radius 3 is 2.62 bits per heavy atom. The predicted octanol–water partition coefficient (Wildman–Crippen LogP) is 4.08. The van der Waals surface area contributed by atoms with E-state index in [-0.39, 0.29) is 5.82 Å². The Morgan fingerprint density at radius 1 is 1.19 bits per heavy atom. The number of nitrogens with one attached hydrogen (secondary N) is 2. The van der Waals surface area contributed by atoms with Crippen molar-refractivity contribution in [2.45, 2.75) is 17.8 Å². The van der Waals surface area contributed by atoms with E-state index >= 15 is 0 Å². The number of H-pyrrole nitrogens is 1. The van der Waals surface area contributed by atoms with Gasteiger partial charge < -0.3 is 4.74 Å². The number of rotatable bonds is 7. The third-order valence-corrected chi connectivity index (χ3v) is 4.50. The SMILES string of the molecule is COc1ccc(CSc2n[nH]c(N/N=C(\C)c3ccc(F)cc3)n2)cc1. The van der Waals surface area contributed by atoms with Crippen molar-refractivity contribution in [2.24, 2.45) is 5.10 Å². The Morgan fingerprint density at radius 2 is 1.92 bits per heavy atom. The normalized spacial score (nSPS) is 11.4. The van der Waals surface area contributed by atoms with Crippen molar-refractivity contribution in [3.63, 3.8) is 0 Å². The number of aromatic nitrogens is 3. The Hall–Kier alpha value is -2.87. The highest BCUT2D eigenvalue weighted by Crippen LogP contribution is 2.21. The second-order valence-electron chi connectivity index (χ2n) is 5.42. The zero-order valence-electron chi connectivity index (χ0n) is 14.4. The molecular formula is C18H18FN5OS. The zero-order chi connectivity index (χ0) is 18.4. The van der Waals surface area contributed by atoms with Gasteiger partial charge in [0, 0.05) is 5.75 Å². The summed E-state index contributed by atoms with van der Waals surface area (Å²) < 4.78 is 18.1. The summed E-state index contributed by atoms with van der Waals surface area (Å²) in [5.74, 6) is 1.75. The van der Waals surface area contributed by atoms with E-state index in [4.69, 9.17) is 4.74 Å². The highest BCUT2D eigenvalue weighted by Gasteiger charge is 2.05. The zero-order valence-corrected chi connectivity index (χ0v) is 15.2. The van der Waals surface area contributed by atoms with Crippen LogP contribution in [-0.4, -0.2) is 28.0 Å². The number of methoxy groups -OCH3 is 1. The number of nitrogens with zero attached hydrogens (tertiary/aromatic N) is 3.